The zero-order chi connectivity index (χ0) is 9.80. The van der Waals surface area contributed by atoms with Crippen LogP contribution in [0.15, 0.2) is 18.3 Å². The van der Waals surface area contributed by atoms with Crippen molar-refractivity contribution in [2.24, 2.45) is 5.73 Å². The van der Waals surface area contributed by atoms with Crippen molar-refractivity contribution < 1.29 is 4.74 Å². The fourth-order valence-corrected chi connectivity index (χ4v) is 1.48. The second-order valence-corrected chi connectivity index (χ2v) is 3.72. The maximum atomic E-state index is 5.69. The van der Waals surface area contributed by atoms with E-state index in [0.29, 0.717) is 19.3 Å². The standard InChI is InChI=1S/C11H16N2O/c12-7-10-6-9(4-5-13-10)8-14-11-2-1-3-11/h4-6,11H,1-3,7-8,12H2. The van der Waals surface area contributed by atoms with E-state index in [1.165, 1.54) is 24.8 Å². The predicted molar refractivity (Wildman–Crippen MR) is 54.6 cm³/mol. The summed E-state index contributed by atoms with van der Waals surface area (Å²) in [5.74, 6) is 0. The molecule has 3 nitrogen and oxygen atoms in total. The third-order valence-electron chi connectivity index (χ3n) is 2.63. The molecule has 0 unspecified atom stereocenters. The van der Waals surface area contributed by atoms with Gasteiger partial charge in [0, 0.05) is 12.7 Å². The van der Waals surface area contributed by atoms with Gasteiger partial charge in [-0.25, -0.2) is 0 Å². The second kappa shape index (κ2) is 4.53. The molecule has 1 fully saturated rings. The normalized spacial score (nSPS) is 16.6. The number of ether oxygens (including phenoxy) is 1. The summed E-state index contributed by atoms with van der Waals surface area (Å²) in [6, 6.07) is 4.00. The fraction of sp³-hybridized carbons (Fsp3) is 0.545. The molecular weight excluding hydrogens is 176 g/mol. The van der Waals surface area contributed by atoms with Gasteiger partial charge in [0.25, 0.3) is 0 Å². The van der Waals surface area contributed by atoms with Gasteiger partial charge in [0.05, 0.1) is 18.4 Å². The largest absolute Gasteiger partial charge is 0.374 e. The van der Waals surface area contributed by atoms with Crippen LogP contribution in [0.1, 0.15) is 30.5 Å². The third kappa shape index (κ3) is 2.30. The number of hydrogen-bond donors (Lipinski definition) is 1. The molecule has 1 saturated carbocycles. The molecule has 0 aliphatic heterocycles. The molecule has 1 heterocycles. The minimum Gasteiger partial charge on any atom is -0.374 e. The molecule has 76 valence electrons. The first-order valence-corrected chi connectivity index (χ1v) is 5.14. The van der Waals surface area contributed by atoms with E-state index in [0.717, 1.165) is 5.69 Å². The van der Waals surface area contributed by atoms with Crippen LogP contribution in [0.5, 0.6) is 0 Å². The van der Waals surface area contributed by atoms with E-state index in [1.54, 1.807) is 6.20 Å². The molecule has 0 spiro atoms. The van der Waals surface area contributed by atoms with Crippen molar-refractivity contribution in [2.75, 3.05) is 0 Å². The van der Waals surface area contributed by atoms with Crippen molar-refractivity contribution in [3.8, 4) is 0 Å². The molecule has 3 heteroatoms. The fourth-order valence-electron chi connectivity index (χ4n) is 1.48. The second-order valence-electron chi connectivity index (χ2n) is 3.72. The Balaban J connectivity index is 1.87. The first kappa shape index (κ1) is 9.62. The zero-order valence-electron chi connectivity index (χ0n) is 8.28. The van der Waals surface area contributed by atoms with Gasteiger partial charge >= 0.3 is 0 Å². The molecule has 0 radical (unpaired) electrons. The van der Waals surface area contributed by atoms with Crippen molar-refractivity contribution in [3.63, 3.8) is 0 Å². The summed E-state index contributed by atoms with van der Waals surface area (Å²) < 4.78 is 5.69. The highest BCUT2D eigenvalue weighted by atomic mass is 16.5. The summed E-state index contributed by atoms with van der Waals surface area (Å²) in [5.41, 5.74) is 7.61. The molecule has 0 saturated heterocycles. The number of pyridine rings is 1. The van der Waals surface area contributed by atoms with Crippen LogP contribution in [0, 0.1) is 0 Å². The van der Waals surface area contributed by atoms with Gasteiger partial charge in [-0.3, -0.25) is 4.98 Å². The van der Waals surface area contributed by atoms with E-state index in [9.17, 15) is 0 Å². The molecule has 0 bridgehead atoms. The van der Waals surface area contributed by atoms with E-state index in [2.05, 4.69) is 4.98 Å². The Hall–Kier alpha value is -0.930. The topological polar surface area (TPSA) is 48.1 Å². The predicted octanol–water partition coefficient (Wildman–Crippen LogP) is 1.61. The molecule has 2 N–H and O–H groups in total. The summed E-state index contributed by atoms with van der Waals surface area (Å²) in [7, 11) is 0. The van der Waals surface area contributed by atoms with Crippen LogP contribution < -0.4 is 5.73 Å². The van der Waals surface area contributed by atoms with Crippen molar-refractivity contribution in [2.45, 2.75) is 38.5 Å². The first-order chi connectivity index (χ1) is 6.88. The Bertz CT molecular complexity index is 297. The third-order valence-corrected chi connectivity index (χ3v) is 2.63. The number of aromatic nitrogens is 1. The van der Waals surface area contributed by atoms with Crippen molar-refractivity contribution in [3.05, 3.63) is 29.6 Å². The van der Waals surface area contributed by atoms with Crippen molar-refractivity contribution in [1.82, 2.24) is 4.98 Å². The summed E-state index contributed by atoms with van der Waals surface area (Å²) in [6.07, 6.45) is 6.03. The highest BCUT2D eigenvalue weighted by Gasteiger charge is 2.17. The minimum atomic E-state index is 0.490. The average Bonchev–Trinajstić information content (AvgIpc) is 2.16. The smallest absolute Gasteiger partial charge is 0.0721 e. The molecular formula is C11H16N2O. The molecule has 1 aliphatic carbocycles. The quantitative estimate of drug-likeness (QED) is 0.788. The molecule has 0 amide bonds. The monoisotopic (exact) mass is 192 g/mol. The van der Waals surface area contributed by atoms with E-state index < -0.39 is 0 Å². The highest BCUT2D eigenvalue weighted by molar-refractivity contribution is 5.15. The lowest BCUT2D eigenvalue weighted by molar-refractivity contribution is -0.00871. The maximum Gasteiger partial charge on any atom is 0.0721 e. The van der Waals surface area contributed by atoms with Gasteiger partial charge in [-0.15, -0.1) is 0 Å². The van der Waals surface area contributed by atoms with E-state index in [4.69, 9.17) is 10.5 Å². The first-order valence-electron chi connectivity index (χ1n) is 5.14. The number of hydrogen-bond acceptors (Lipinski definition) is 3. The van der Waals surface area contributed by atoms with Crippen LogP contribution in [-0.2, 0) is 17.9 Å². The van der Waals surface area contributed by atoms with Gasteiger partial charge in [-0.05, 0) is 37.0 Å². The lowest BCUT2D eigenvalue weighted by Crippen LogP contribution is -2.21. The average molecular weight is 192 g/mol. The molecule has 14 heavy (non-hydrogen) atoms. The van der Waals surface area contributed by atoms with Gasteiger partial charge in [0.2, 0.25) is 0 Å². The van der Waals surface area contributed by atoms with E-state index >= 15 is 0 Å². The van der Waals surface area contributed by atoms with Crippen LogP contribution in [0.25, 0.3) is 0 Å². The Kier molecular flexibility index (Phi) is 3.11. The highest BCUT2D eigenvalue weighted by Crippen LogP contribution is 2.22. The van der Waals surface area contributed by atoms with Crippen LogP contribution in [0.2, 0.25) is 0 Å². The molecule has 1 aromatic rings. The summed E-state index contributed by atoms with van der Waals surface area (Å²) in [6.45, 7) is 1.19. The van der Waals surface area contributed by atoms with Gasteiger partial charge in [0.1, 0.15) is 0 Å². The molecule has 1 aliphatic rings. The minimum absolute atomic E-state index is 0.490. The van der Waals surface area contributed by atoms with E-state index in [1.807, 2.05) is 12.1 Å². The van der Waals surface area contributed by atoms with Crippen LogP contribution in [-0.4, -0.2) is 11.1 Å². The number of nitrogens with two attached hydrogens (primary N) is 1. The van der Waals surface area contributed by atoms with Crippen molar-refractivity contribution in [1.29, 1.82) is 0 Å². The lowest BCUT2D eigenvalue weighted by atomic mass is 9.96. The van der Waals surface area contributed by atoms with Gasteiger partial charge in [0.15, 0.2) is 0 Å². The van der Waals surface area contributed by atoms with Crippen LogP contribution >= 0.6 is 0 Å². The Morgan fingerprint density at radius 2 is 2.36 bits per heavy atom. The maximum absolute atomic E-state index is 5.69. The van der Waals surface area contributed by atoms with Gasteiger partial charge in [-0.2, -0.15) is 0 Å². The van der Waals surface area contributed by atoms with Crippen molar-refractivity contribution >= 4 is 0 Å². The zero-order valence-corrected chi connectivity index (χ0v) is 8.28. The number of rotatable bonds is 4. The molecule has 2 rings (SSSR count). The Morgan fingerprint density at radius 3 is 3.00 bits per heavy atom. The van der Waals surface area contributed by atoms with Gasteiger partial charge < -0.3 is 10.5 Å². The number of nitrogens with zero attached hydrogens (tertiary/aromatic N) is 1. The lowest BCUT2D eigenvalue weighted by Gasteiger charge is -2.25. The Morgan fingerprint density at radius 1 is 1.50 bits per heavy atom. The summed E-state index contributed by atoms with van der Waals surface area (Å²) in [4.78, 5) is 4.14. The Labute approximate surface area is 84.3 Å². The SMILES string of the molecule is NCc1cc(COC2CCC2)ccn1. The molecule has 0 aromatic carbocycles. The molecule has 1 aromatic heterocycles. The summed E-state index contributed by atoms with van der Waals surface area (Å²) in [5, 5.41) is 0. The van der Waals surface area contributed by atoms with E-state index in [-0.39, 0.29) is 0 Å². The van der Waals surface area contributed by atoms with Crippen LogP contribution in [0.3, 0.4) is 0 Å². The van der Waals surface area contributed by atoms with Gasteiger partial charge in [-0.1, -0.05) is 0 Å². The molecule has 0 atom stereocenters. The van der Waals surface area contributed by atoms with Crippen LogP contribution in [0.4, 0.5) is 0 Å². The summed E-state index contributed by atoms with van der Waals surface area (Å²) >= 11 is 0.